The third-order valence-electron chi connectivity index (χ3n) is 9.14. The molecular formula is C52H32N2S. The molecule has 3 heterocycles. The molecule has 0 spiro atoms. The van der Waals surface area contributed by atoms with E-state index in [1.54, 1.807) is 24.3 Å². The average Bonchev–Trinajstić information content (AvgIpc) is 3.97. The first-order valence-electron chi connectivity index (χ1n) is 29.5. The van der Waals surface area contributed by atoms with E-state index in [1.807, 2.05) is 0 Å². The molecule has 11 rings (SSSR count). The first kappa shape index (κ1) is 15.1. The van der Waals surface area contributed by atoms with Gasteiger partial charge in [-0.2, -0.15) is 0 Å². The van der Waals surface area contributed by atoms with Crippen molar-refractivity contribution in [1.29, 1.82) is 0 Å². The maximum Gasteiger partial charge on any atom is 0.0972 e. The normalized spacial score (nSPS) is 18.3. The summed E-state index contributed by atoms with van der Waals surface area (Å²) >= 11 is 0.549. The molecule has 0 aliphatic heterocycles. The van der Waals surface area contributed by atoms with Crippen molar-refractivity contribution in [2.75, 3.05) is 0 Å². The van der Waals surface area contributed by atoms with Crippen molar-refractivity contribution in [2.45, 2.75) is 0 Å². The highest BCUT2D eigenvalue weighted by Crippen LogP contribution is 2.55. The summed E-state index contributed by atoms with van der Waals surface area (Å²) in [4.78, 5) is 8.25. The predicted molar refractivity (Wildman–Crippen MR) is 235 cm³/mol. The second kappa shape index (κ2) is 12.9. The number of hydrogen-bond donors (Lipinski definition) is 0. The molecular weight excluding hydrogens is 685 g/mol. The van der Waals surface area contributed by atoms with Crippen molar-refractivity contribution in [3.63, 3.8) is 0 Å². The molecule has 0 aliphatic rings. The molecule has 0 radical (unpaired) electrons. The Kier molecular flexibility index (Phi) is 3.53. The fourth-order valence-corrected chi connectivity index (χ4v) is 8.11. The standard InChI is InChI=1S/C52H32N2S/c1-3-14-33(15-4-1)47-48(51(36-16-5-2-6-17-36)55-52(47)45-32-37-18-7-8-20-38(37)39-21-9-12-24-42(39)45)44-29-28-43(40-22-10-11-23-41(40)44)46-30-27-35-26-25-34-19-13-31-53-49(34)50(35)54-46/h1-32H/i1D,2D,3D,4D,5D,6D,7D,8D,9D,12D,13D,14D,15D,16D,17D,18D,19D,20D,21D,24D,25D,26D,27D,30D,31D,32D. The summed E-state index contributed by atoms with van der Waals surface area (Å²) in [5.74, 6) is 0. The van der Waals surface area contributed by atoms with Gasteiger partial charge >= 0.3 is 0 Å². The van der Waals surface area contributed by atoms with Crippen LogP contribution in [0.5, 0.6) is 0 Å². The van der Waals surface area contributed by atoms with Gasteiger partial charge in [0.15, 0.2) is 0 Å². The van der Waals surface area contributed by atoms with Crippen LogP contribution < -0.4 is 0 Å². The fourth-order valence-electron chi connectivity index (χ4n) is 6.82. The molecule has 0 unspecified atom stereocenters. The summed E-state index contributed by atoms with van der Waals surface area (Å²) in [6.45, 7) is 0. The molecule has 0 saturated carbocycles. The first-order chi connectivity index (χ1) is 38.1. The summed E-state index contributed by atoms with van der Waals surface area (Å²) in [6.07, 6.45) is -0.662. The van der Waals surface area contributed by atoms with Crippen LogP contribution in [0.15, 0.2) is 194 Å². The maximum absolute atomic E-state index is 10.0. The number of nitrogens with zero attached hydrogens (tertiary/aromatic N) is 2. The Balaban J connectivity index is 1.40. The van der Waals surface area contributed by atoms with Crippen molar-refractivity contribution in [3.05, 3.63) is 194 Å². The SMILES string of the molecule is [2H]c1nc2c(c([2H])c1[2H])c([2H])c([2H])c1c([2H])c([2H])c(-c3ccc(-c4c(-c5c([2H])c([2H])c([2H])c([2H])c5[2H])sc(-c5c([2H])c6c([2H])c([2H])c([2H])c([2H])c6c6c([2H])c([2H])c([2H])c([2H])c56)c4-c4c([2H])c([2H])c([2H])c([2H])c4[2H])c4ccccc34)nc12. The summed E-state index contributed by atoms with van der Waals surface area (Å²) in [5, 5.41) is -2.28. The number of thiophene rings is 1. The molecule has 256 valence electrons. The molecule has 0 fully saturated rings. The Hall–Kier alpha value is -6.94. The minimum Gasteiger partial charge on any atom is -0.254 e. The lowest BCUT2D eigenvalue weighted by Gasteiger charge is -2.16. The van der Waals surface area contributed by atoms with E-state index < -0.39 is 201 Å². The number of pyridine rings is 2. The van der Waals surface area contributed by atoms with Crippen molar-refractivity contribution in [1.82, 2.24) is 9.97 Å². The van der Waals surface area contributed by atoms with Gasteiger partial charge in [0.2, 0.25) is 0 Å². The van der Waals surface area contributed by atoms with Gasteiger partial charge in [0, 0.05) is 49.0 Å². The summed E-state index contributed by atoms with van der Waals surface area (Å²) in [6, 6.07) is -10.3. The van der Waals surface area contributed by atoms with Gasteiger partial charge in [-0.25, -0.2) is 4.98 Å². The lowest BCUT2D eigenvalue weighted by Crippen LogP contribution is -1.92. The molecule has 0 aliphatic carbocycles. The second-order valence-corrected chi connectivity index (χ2v) is 13.1. The highest BCUT2D eigenvalue weighted by atomic mass is 32.1. The Labute approximate surface area is 359 Å². The van der Waals surface area contributed by atoms with Gasteiger partial charge in [-0.15, -0.1) is 11.3 Å². The fraction of sp³-hybridized carbons (Fsp3) is 0. The Morgan fingerprint density at radius 3 is 1.84 bits per heavy atom. The maximum atomic E-state index is 10.0. The van der Waals surface area contributed by atoms with E-state index in [0.29, 0.717) is 11.3 Å². The largest absolute Gasteiger partial charge is 0.254 e. The van der Waals surface area contributed by atoms with Crippen LogP contribution in [0.1, 0.15) is 35.6 Å². The van der Waals surface area contributed by atoms with Gasteiger partial charge in [-0.05, 0) is 67.1 Å². The topological polar surface area (TPSA) is 25.8 Å². The van der Waals surface area contributed by atoms with Gasteiger partial charge in [-0.3, -0.25) is 4.98 Å². The van der Waals surface area contributed by atoms with Crippen molar-refractivity contribution >= 4 is 65.5 Å². The van der Waals surface area contributed by atoms with E-state index in [9.17, 15) is 12.3 Å². The van der Waals surface area contributed by atoms with E-state index in [4.69, 9.17) is 28.3 Å². The van der Waals surface area contributed by atoms with Gasteiger partial charge in [0.1, 0.15) is 0 Å². The number of hydrogen-bond acceptors (Lipinski definition) is 3. The summed E-state index contributed by atoms with van der Waals surface area (Å²) < 4.78 is 234. The number of rotatable bonds is 5. The zero-order chi connectivity index (χ0) is 58.9. The minimum absolute atomic E-state index is 0.0133. The quantitative estimate of drug-likeness (QED) is 0.164. The van der Waals surface area contributed by atoms with Crippen molar-refractivity contribution in [2.24, 2.45) is 0 Å². The average molecular weight is 743 g/mol. The lowest BCUT2D eigenvalue weighted by molar-refractivity contribution is 1.37. The molecule has 11 aromatic rings. The zero-order valence-corrected chi connectivity index (χ0v) is 28.6. The molecule has 3 heteroatoms. The molecule has 0 atom stereocenters. The number of aromatic nitrogens is 2. The lowest BCUT2D eigenvalue weighted by atomic mass is 9.86. The van der Waals surface area contributed by atoms with Gasteiger partial charge in [-0.1, -0.05) is 169 Å². The Morgan fingerprint density at radius 2 is 1.04 bits per heavy atom. The molecule has 3 aromatic heterocycles. The first-order valence-corrected chi connectivity index (χ1v) is 17.4. The van der Waals surface area contributed by atoms with Gasteiger partial charge in [0.05, 0.1) is 52.4 Å². The van der Waals surface area contributed by atoms with Gasteiger partial charge in [0.25, 0.3) is 0 Å². The van der Waals surface area contributed by atoms with Crippen LogP contribution >= 0.6 is 11.3 Å². The second-order valence-electron chi connectivity index (χ2n) is 12.1. The van der Waals surface area contributed by atoms with Crippen LogP contribution in [0.2, 0.25) is 0 Å². The van der Waals surface area contributed by atoms with E-state index in [0.717, 1.165) is 0 Å². The Bertz CT molecular complexity index is 4730. The number of benzene rings is 8. The Morgan fingerprint density at radius 1 is 0.418 bits per heavy atom. The third kappa shape index (κ3) is 5.16. The van der Waals surface area contributed by atoms with Crippen LogP contribution in [-0.4, -0.2) is 9.97 Å². The molecule has 0 amide bonds. The highest BCUT2D eigenvalue weighted by molar-refractivity contribution is 7.20. The molecule has 8 aromatic carbocycles. The van der Waals surface area contributed by atoms with Crippen molar-refractivity contribution in [3.8, 4) is 54.4 Å². The number of fused-ring (bicyclic) bond motifs is 7. The van der Waals surface area contributed by atoms with E-state index >= 15 is 0 Å². The molecule has 0 bridgehead atoms. The highest BCUT2D eigenvalue weighted by Gasteiger charge is 2.26. The van der Waals surface area contributed by atoms with Crippen LogP contribution in [0.3, 0.4) is 0 Å². The zero-order valence-electron chi connectivity index (χ0n) is 53.8. The van der Waals surface area contributed by atoms with E-state index in [1.165, 1.54) is 12.1 Å². The molecule has 55 heavy (non-hydrogen) atoms. The monoisotopic (exact) mass is 742 g/mol. The van der Waals surface area contributed by atoms with Crippen LogP contribution in [0.25, 0.3) is 109 Å². The smallest absolute Gasteiger partial charge is 0.0972 e. The van der Waals surface area contributed by atoms with Crippen LogP contribution in [0.4, 0.5) is 0 Å². The molecule has 0 N–H and O–H groups in total. The van der Waals surface area contributed by atoms with E-state index in [2.05, 4.69) is 4.98 Å². The minimum atomic E-state index is -0.884. The van der Waals surface area contributed by atoms with Crippen LogP contribution in [-0.2, 0) is 0 Å². The van der Waals surface area contributed by atoms with Crippen LogP contribution in [0, 0.1) is 0 Å². The summed E-state index contributed by atoms with van der Waals surface area (Å²) in [5.41, 5.74) is -2.91. The van der Waals surface area contributed by atoms with Gasteiger partial charge < -0.3 is 0 Å². The predicted octanol–water partition coefficient (Wildman–Crippen LogP) is 14.6. The third-order valence-corrected chi connectivity index (χ3v) is 10.4. The summed E-state index contributed by atoms with van der Waals surface area (Å²) in [7, 11) is 0. The van der Waals surface area contributed by atoms with E-state index in [-0.39, 0.29) is 64.7 Å². The molecule has 0 saturated heterocycles. The molecule has 2 nitrogen and oxygen atoms in total. The van der Waals surface area contributed by atoms with Crippen molar-refractivity contribution < 1.29 is 35.6 Å².